The fraction of sp³-hybridized carbons (Fsp3) is 0.217. The molecule has 0 atom stereocenters. The van der Waals surface area contributed by atoms with Crippen molar-refractivity contribution in [2.45, 2.75) is 32.1 Å². The summed E-state index contributed by atoms with van der Waals surface area (Å²) in [5, 5.41) is 4.59. The minimum absolute atomic E-state index is 0.0847. The summed E-state index contributed by atoms with van der Waals surface area (Å²) >= 11 is 1.38. The number of benzene rings is 2. The van der Waals surface area contributed by atoms with Crippen molar-refractivity contribution >= 4 is 50.2 Å². The van der Waals surface area contributed by atoms with E-state index in [9.17, 15) is 18.0 Å². The van der Waals surface area contributed by atoms with E-state index in [1.165, 1.54) is 30.4 Å². The monoisotopic (exact) mass is 469 g/mol. The Morgan fingerprint density at radius 2 is 1.78 bits per heavy atom. The van der Waals surface area contributed by atoms with Crippen LogP contribution in [0.4, 0.5) is 17.1 Å². The van der Waals surface area contributed by atoms with Gasteiger partial charge in [-0.2, -0.15) is 0 Å². The smallest absolute Gasteiger partial charge is 0.268 e. The minimum atomic E-state index is -3.87. The molecule has 32 heavy (non-hydrogen) atoms. The van der Waals surface area contributed by atoms with Crippen LogP contribution in [0.25, 0.3) is 0 Å². The van der Waals surface area contributed by atoms with Crippen LogP contribution in [0.3, 0.4) is 0 Å². The van der Waals surface area contributed by atoms with E-state index in [4.69, 9.17) is 0 Å². The van der Waals surface area contributed by atoms with Crippen LogP contribution in [-0.4, -0.2) is 26.8 Å². The predicted molar refractivity (Wildman–Crippen MR) is 127 cm³/mol. The molecule has 0 saturated carbocycles. The van der Waals surface area contributed by atoms with Crippen molar-refractivity contribution in [3.63, 3.8) is 0 Å². The van der Waals surface area contributed by atoms with Gasteiger partial charge in [-0.3, -0.25) is 14.3 Å². The lowest BCUT2D eigenvalue weighted by Crippen LogP contribution is -2.28. The number of amides is 2. The number of nitrogens with zero attached hydrogens (tertiary/aromatic N) is 1. The van der Waals surface area contributed by atoms with Crippen molar-refractivity contribution in [3.05, 3.63) is 69.4 Å². The number of fused-ring (bicyclic) bond motifs is 1. The van der Waals surface area contributed by atoms with Crippen LogP contribution >= 0.6 is 11.3 Å². The molecular formula is C23H23N3O4S2. The van der Waals surface area contributed by atoms with E-state index in [2.05, 4.69) is 10.0 Å². The maximum Gasteiger partial charge on any atom is 0.268 e. The average Bonchev–Trinajstić information content (AvgIpc) is 3.39. The van der Waals surface area contributed by atoms with Gasteiger partial charge in [0.05, 0.1) is 15.5 Å². The first-order valence-corrected chi connectivity index (χ1v) is 12.4. The third kappa shape index (κ3) is 4.26. The Bertz CT molecular complexity index is 1290. The van der Waals surface area contributed by atoms with Crippen molar-refractivity contribution < 1.29 is 18.0 Å². The summed E-state index contributed by atoms with van der Waals surface area (Å²) in [6.07, 6.45) is 0.725. The van der Waals surface area contributed by atoms with Crippen molar-refractivity contribution in [1.29, 1.82) is 0 Å². The van der Waals surface area contributed by atoms with Crippen LogP contribution in [0.15, 0.2) is 52.7 Å². The highest BCUT2D eigenvalue weighted by Crippen LogP contribution is 2.34. The molecular weight excluding hydrogens is 446 g/mol. The summed E-state index contributed by atoms with van der Waals surface area (Å²) in [7, 11) is -3.87. The molecule has 2 heterocycles. The Balaban J connectivity index is 1.62. The fourth-order valence-electron chi connectivity index (χ4n) is 3.85. The summed E-state index contributed by atoms with van der Waals surface area (Å²) in [5.41, 5.74) is 4.03. The minimum Gasteiger partial charge on any atom is -0.326 e. The van der Waals surface area contributed by atoms with Gasteiger partial charge in [0.25, 0.3) is 15.9 Å². The van der Waals surface area contributed by atoms with Crippen LogP contribution in [0.5, 0.6) is 0 Å². The predicted octanol–water partition coefficient (Wildman–Crippen LogP) is 4.33. The number of sulfonamides is 1. The molecule has 9 heteroatoms. The Morgan fingerprint density at radius 1 is 1.06 bits per heavy atom. The summed E-state index contributed by atoms with van der Waals surface area (Å²) in [6.45, 7) is 5.47. The summed E-state index contributed by atoms with van der Waals surface area (Å²) in [5.74, 6) is -0.303. The zero-order valence-corrected chi connectivity index (χ0v) is 19.6. The maximum absolute atomic E-state index is 13.1. The first-order chi connectivity index (χ1) is 15.2. The largest absolute Gasteiger partial charge is 0.326 e. The highest BCUT2D eigenvalue weighted by Gasteiger charge is 2.27. The lowest BCUT2D eigenvalue weighted by Gasteiger charge is -2.18. The molecule has 166 valence electrons. The molecule has 3 aromatic rings. The Labute approximate surface area is 191 Å². The molecule has 1 aliphatic heterocycles. The van der Waals surface area contributed by atoms with Gasteiger partial charge in [-0.15, -0.1) is 11.3 Å². The van der Waals surface area contributed by atoms with Gasteiger partial charge in [0, 0.05) is 24.8 Å². The van der Waals surface area contributed by atoms with Gasteiger partial charge in [0.15, 0.2) is 0 Å². The first kappa shape index (κ1) is 22.0. The number of nitrogens with one attached hydrogen (secondary N) is 2. The van der Waals surface area contributed by atoms with Crippen molar-refractivity contribution in [2.75, 3.05) is 21.5 Å². The average molecular weight is 470 g/mol. The van der Waals surface area contributed by atoms with Crippen molar-refractivity contribution in [3.8, 4) is 0 Å². The molecule has 0 bridgehead atoms. The molecule has 0 spiro atoms. The molecule has 0 saturated heterocycles. The molecule has 0 radical (unpaired) electrons. The number of thiophene rings is 1. The Hall–Kier alpha value is -3.17. The number of rotatable bonds is 5. The van der Waals surface area contributed by atoms with Gasteiger partial charge >= 0.3 is 0 Å². The van der Waals surface area contributed by atoms with Crippen molar-refractivity contribution in [2.24, 2.45) is 0 Å². The normalized spacial score (nSPS) is 13.0. The number of carbonyl (C=O) groups is 2. The van der Waals surface area contributed by atoms with Gasteiger partial charge in [-0.1, -0.05) is 12.1 Å². The summed E-state index contributed by atoms with van der Waals surface area (Å²) in [6, 6.07) is 11.9. The first-order valence-electron chi connectivity index (χ1n) is 10.1. The number of carbonyl (C=O) groups excluding carboxylic acids is 2. The van der Waals surface area contributed by atoms with Gasteiger partial charge in [-0.05, 0) is 72.7 Å². The molecule has 2 N–H and O–H groups in total. The van der Waals surface area contributed by atoms with Crippen molar-refractivity contribution in [1.82, 2.24) is 0 Å². The quantitative estimate of drug-likeness (QED) is 0.582. The summed E-state index contributed by atoms with van der Waals surface area (Å²) in [4.78, 5) is 26.7. The molecule has 4 rings (SSSR count). The number of aryl methyl sites for hydroxylation is 2. The summed E-state index contributed by atoms with van der Waals surface area (Å²) < 4.78 is 28.8. The highest BCUT2D eigenvalue weighted by molar-refractivity contribution is 7.92. The maximum atomic E-state index is 13.1. The standard InChI is InChI=1S/C23H23N3O4S2/c1-14-11-19(12-15(2)22(14)24-16(3)27)32(29,30)25-18-7-6-17-8-9-26(20(17)13-18)23(28)21-5-4-10-31-21/h4-7,10-13,25H,8-9H2,1-3H3,(H,24,27). The second-order valence-electron chi connectivity index (χ2n) is 7.75. The molecule has 0 aliphatic carbocycles. The Kier molecular flexibility index (Phi) is 5.79. The molecule has 1 aromatic heterocycles. The van der Waals surface area contributed by atoms with Crippen LogP contribution in [-0.2, 0) is 21.2 Å². The highest BCUT2D eigenvalue weighted by atomic mass is 32.2. The van der Waals surface area contributed by atoms with Gasteiger partial charge in [0.2, 0.25) is 5.91 Å². The SMILES string of the molecule is CC(=O)Nc1c(C)cc(S(=O)(=O)Nc2ccc3c(c2)N(C(=O)c2cccs2)CC3)cc1C. The number of anilines is 3. The lowest BCUT2D eigenvalue weighted by molar-refractivity contribution is -0.114. The van der Waals surface area contributed by atoms with E-state index in [0.29, 0.717) is 33.9 Å². The molecule has 2 aromatic carbocycles. The van der Waals surface area contributed by atoms with Gasteiger partial charge in [-0.25, -0.2) is 8.42 Å². The van der Waals surface area contributed by atoms with Gasteiger partial charge < -0.3 is 10.2 Å². The van der Waals surface area contributed by atoms with Crippen LogP contribution in [0.1, 0.15) is 33.3 Å². The van der Waals surface area contributed by atoms with E-state index < -0.39 is 10.0 Å². The Morgan fingerprint density at radius 3 is 2.41 bits per heavy atom. The van der Waals surface area contributed by atoms with E-state index in [-0.39, 0.29) is 16.7 Å². The molecule has 1 aliphatic rings. The van der Waals surface area contributed by atoms with E-state index in [1.54, 1.807) is 36.9 Å². The third-order valence-corrected chi connectivity index (χ3v) is 7.55. The second kappa shape index (κ2) is 8.40. The van der Waals surface area contributed by atoms with E-state index >= 15 is 0 Å². The zero-order chi connectivity index (χ0) is 23.0. The van der Waals surface area contributed by atoms with Crippen LogP contribution < -0.4 is 14.9 Å². The van der Waals surface area contributed by atoms with E-state index in [1.807, 2.05) is 17.5 Å². The fourth-order valence-corrected chi connectivity index (χ4v) is 5.74. The molecule has 0 fully saturated rings. The molecule has 7 nitrogen and oxygen atoms in total. The third-order valence-electron chi connectivity index (χ3n) is 5.33. The van der Waals surface area contributed by atoms with Gasteiger partial charge in [0.1, 0.15) is 0 Å². The topological polar surface area (TPSA) is 95.6 Å². The van der Waals surface area contributed by atoms with E-state index in [0.717, 1.165) is 17.7 Å². The van der Waals surface area contributed by atoms with Crippen LogP contribution in [0, 0.1) is 13.8 Å². The molecule has 2 amide bonds. The second-order valence-corrected chi connectivity index (χ2v) is 10.4. The number of hydrogen-bond donors (Lipinski definition) is 2. The zero-order valence-electron chi connectivity index (χ0n) is 17.9. The van der Waals surface area contributed by atoms with Crippen LogP contribution in [0.2, 0.25) is 0 Å². The lowest BCUT2D eigenvalue weighted by atomic mass is 10.1. The number of hydrogen-bond acceptors (Lipinski definition) is 5. The molecule has 0 unspecified atom stereocenters.